The van der Waals surface area contributed by atoms with Crippen LogP contribution in [0.2, 0.25) is 10.0 Å². The molecule has 188 valence electrons. The van der Waals surface area contributed by atoms with E-state index < -0.39 is 23.3 Å². The smallest absolute Gasteiger partial charge is 0.352 e. The van der Waals surface area contributed by atoms with E-state index in [1.54, 1.807) is 29.7 Å². The lowest BCUT2D eigenvalue weighted by Crippen LogP contribution is -2.70. The van der Waals surface area contributed by atoms with Crippen molar-refractivity contribution in [3.63, 3.8) is 0 Å². The van der Waals surface area contributed by atoms with E-state index in [9.17, 15) is 19.5 Å². The highest BCUT2D eigenvalue weighted by Crippen LogP contribution is 2.41. The molecule has 0 radical (unpaired) electrons. The molecule has 15 heteroatoms. The number of benzene rings is 1. The summed E-state index contributed by atoms with van der Waals surface area (Å²) < 4.78 is 0. The molecule has 3 heterocycles. The van der Waals surface area contributed by atoms with Crippen molar-refractivity contribution in [2.24, 2.45) is 0 Å². The molecule has 4 rings (SSSR count). The first-order valence-corrected chi connectivity index (χ1v) is 13.8. The number of carbonyl (C=O) groups is 3. The number of aliphatic carboxylic acids is 1. The third-order valence-electron chi connectivity index (χ3n) is 4.96. The summed E-state index contributed by atoms with van der Waals surface area (Å²) in [4.78, 5) is 47.2. The van der Waals surface area contributed by atoms with Crippen molar-refractivity contribution in [1.29, 1.82) is 0 Å². The zero-order valence-electron chi connectivity index (χ0n) is 18.2. The standard InChI is InChI=1S/C21H18Cl2N6O4S3/c22-10-1-2-11(23)12(5-10)35-8-15(30)28-16-18(31)29-17(20(32)33)9(7-36-19(16)29)3-4-34-21-26-13(24)6-14(25)27-21/h1-6,16,19H,7-8H2,(H,28,30)(H,32,33)(H4,24,25,26,27)/b4-3+. The summed E-state index contributed by atoms with van der Waals surface area (Å²) in [6.07, 6.45) is 1.59. The van der Waals surface area contributed by atoms with Gasteiger partial charge in [0.25, 0.3) is 5.91 Å². The third kappa shape index (κ3) is 5.86. The first-order chi connectivity index (χ1) is 17.1. The van der Waals surface area contributed by atoms with Crippen LogP contribution in [0.1, 0.15) is 0 Å². The average molecular weight is 586 g/mol. The fourth-order valence-corrected chi connectivity index (χ4v) is 6.70. The molecule has 1 saturated heterocycles. The van der Waals surface area contributed by atoms with Crippen LogP contribution < -0.4 is 16.8 Å². The predicted molar refractivity (Wildman–Crippen MR) is 143 cm³/mol. The zero-order valence-corrected chi connectivity index (χ0v) is 22.1. The minimum absolute atomic E-state index is 0.0185. The van der Waals surface area contributed by atoms with Crippen molar-refractivity contribution in [3.8, 4) is 0 Å². The van der Waals surface area contributed by atoms with E-state index in [0.717, 1.165) is 11.8 Å². The molecule has 1 aromatic carbocycles. The Morgan fingerprint density at radius 3 is 2.67 bits per heavy atom. The van der Waals surface area contributed by atoms with Gasteiger partial charge < -0.3 is 21.9 Å². The second-order valence-electron chi connectivity index (χ2n) is 7.42. The quantitative estimate of drug-likeness (QED) is 0.204. The lowest BCUT2D eigenvalue weighted by atomic mass is 10.0. The van der Waals surface area contributed by atoms with Crippen LogP contribution >= 0.6 is 58.5 Å². The van der Waals surface area contributed by atoms with Gasteiger partial charge in [-0.25, -0.2) is 14.8 Å². The Morgan fingerprint density at radius 2 is 1.97 bits per heavy atom. The first-order valence-electron chi connectivity index (χ1n) is 10.2. The van der Waals surface area contributed by atoms with E-state index in [2.05, 4.69) is 15.3 Å². The van der Waals surface area contributed by atoms with Crippen LogP contribution in [0, 0.1) is 0 Å². The molecule has 2 aromatic rings. The molecule has 0 spiro atoms. The topological polar surface area (TPSA) is 165 Å². The van der Waals surface area contributed by atoms with Gasteiger partial charge in [0.05, 0.1) is 10.8 Å². The number of carboxylic acids is 1. The molecular formula is C21H18Cl2N6O4S3. The third-order valence-corrected chi connectivity index (χ3v) is 8.66. The molecule has 2 unspecified atom stereocenters. The number of rotatable bonds is 8. The largest absolute Gasteiger partial charge is 0.477 e. The van der Waals surface area contributed by atoms with Crippen LogP contribution in [-0.4, -0.2) is 60.7 Å². The highest BCUT2D eigenvalue weighted by Gasteiger charge is 2.53. The number of β-lactam (4-membered cyclic amide) rings is 1. The van der Waals surface area contributed by atoms with E-state index >= 15 is 0 Å². The second kappa shape index (κ2) is 11.2. The van der Waals surface area contributed by atoms with E-state index in [0.29, 0.717) is 31.4 Å². The monoisotopic (exact) mass is 584 g/mol. The minimum Gasteiger partial charge on any atom is -0.477 e. The summed E-state index contributed by atoms with van der Waals surface area (Å²) in [7, 11) is 0. The summed E-state index contributed by atoms with van der Waals surface area (Å²) in [6, 6.07) is 5.54. The van der Waals surface area contributed by atoms with Gasteiger partial charge >= 0.3 is 5.97 Å². The number of nitrogens with two attached hydrogens (primary N) is 2. The van der Waals surface area contributed by atoms with E-state index in [-0.39, 0.29) is 29.0 Å². The van der Waals surface area contributed by atoms with Crippen molar-refractivity contribution in [3.05, 3.63) is 57.1 Å². The molecule has 36 heavy (non-hydrogen) atoms. The Balaban J connectivity index is 1.40. The van der Waals surface area contributed by atoms with Crippen molar-refractivity contribution in [2.45, 2.75) is 21.5 Å². The maximum atomic E-state index is 12.8. The van der Waals surface area contributed by atoms with E-state index in [4.69, 9.17) is 34.7 Å². The molecule has 6 N–H and O–H groups in total. The Bertz CT molecular complexity index is 1290. The number of nitrogen functional groups attached to an aromatic ring is 2. The number of carbonyl (C=O) groups excluding carboxylic acids is 2. The van der Waals surface area contributed by atoms with Crippen molar-refractivity contribution < 1.29 is 19.5 Å². The summed E-state index contributed by atoms with van der Waals surface area (Å²) in [5, 5.41) is 14.8. The van der Waals surface area contributed by atoms with Gasteiger partial charge in [-0.05, 0) is 35.3 Å². The molecule has 1 fully saturated rings. The van der Waals surface area contributed by atoms with Gasteiger partial charge in [-0.1, -0.05) is 35.0 Å². The van der Waals surface area contributed by atoms with Gasteiger partial charge in [-0.15, -0.1) is 23.5 Å². The van der Waals surface area contributed by atoms with Crippen molar-refractivity contribution in [1.82, 2.24) is 20.2 Å². The van der Waals surface area contributed by atoms with Crippen LogP contribution in [0.25, 0.3) is 0 Å². The summed E-state index contributed by atoms with van der Waals surface area (Å²) in [6.45, 7) is 0. The zero-order chi connectivity index (χ0) is 26.0. The number of aromatic nitrogens is 2. The molecule has 2 atom stereocenters. The van der Waals surface area contributed by atoms with Gasteiger partial charge in [0.2, 0.25) is 5.91 Å². The van der Waals surface area contributed by atoms with E-state index in [1.807, 2.05) is 0 Å². The average Bonchev–Trinajstić information content (AvgIpc) is 2.82. The predicted octanol–water partition coefficient (Wildman–Crippen LogP) is 3.08. The summed E-state index contributed by atoms with van der Waals surface area (Å²) >= 11 is 15.8. The maximum absolute atomic E-state index is 12.8. The van der Waals surface area contributed by atoms with Crippen LogP contribution in [0.3, 0.4) is 0 Å². The Kier molecular flexibility index (Phi) is 8.25. The number of thioether (sulfide) groups is 3. The molecule has 10 nitrogen and oxygen atoms in total. The first kappa shape index (κ1) is 26.5. The number of hydrogen-bond donors (Lipinski definition) is 4. The number of fused-ring (bicyclic) bond motifs is 1. The Morgan fingerprint density at radius 1 is 1.25 bits per heavy atom. The molecule has 2 aliphatic heterocycles. The number of nitrogens with zero attached hydrogens (tertiary/aromatic N) is 3. The number of halogens is 2. The highest BCUT2D eigenvalue weighted by atomic mass is 35.5. The normalized spacial score (nSPS) is 19.3. The lowest BCUT2D eigenvalue weighted by Gasteiger charge is -2.49. The van der Waals surface area contributed by atoms with Gasteiger partial charge in [-0.3, -0.25) is 14.5 Å². The maximum Gasteiger partial charge on any atom is 0.352 e. The van der Waals surface area contributed by atoms with Crippen molar-refractivity contribution >= 4 is 87.9 Å². The second-order valence-corrected chi connectivity index (χ2v) is 11.3. The number of hydrogen-bond acceptors (Lipinski definition) is 10. The van der Waals surface area contributed by atoms with E-state index in [1.165, 1.54) is 34.5 Å². The molecular weight excluding hydrogens is 567 g/mol. The highest BCUT2D eigenvalue weighted by molar-refractivity contribution is 8.02. The fourth-order valence-electron chi connectivity index (χ4n) is 3.41. The van der Waals surface area contributed by atoms with Crippen LogP contribution in [0.15, 0.2) is 57.1 Å². The van der Waals surface area contributed by atoms with Gasteiger partial charge in [0.15, 0.2) is 5.16 Å². The molecule has 2 aliphatic rings. The Labute approximate surface area is 228 Å². The molecule has 0 saturated carbocycles. The van der Waals surface area contributed by atoms with Gasteiger partial charge in [-0.2, -0.15) is 0 Å². The van der Waals surface area contributed by atoms with Gasteiger partial charge in [0, 0.05) is 21.7 Å². The number of amides is 2. The SMILES string of the molecule is Nc1cc(N)nc(S/C=C/C2=C(C(=O)O)N3C(=O)C(NC(=O)CSc4cc(Cl)ccc4Cl)C3SC2)n1. The number of allylic oxidation sites excluding steroid dienone is 1. The molecule has 2 amide bonds. The van der Waals surface area contributed by atoms with Crippen LogP contribution in [0.5, 0.6) is 0 Å². The summed E-state index contributed by atoms with van der Waals surface area (Å²) in [5.74, 6) is -1.33. The van der Waals surface area contributed by atoms with Crippen LogP contribution in [0.4, 0.5) is 11.6 Å². The number of nitrogens with one attached hydrogen (secondary N) is 1. The molecule has 0 bridgehead atoms. The lowest BCUT2D eigenvalue weighted by molar-refractivity contribution is -0.150. The summed E-state index contributed by atoms with van der Waals surface area (Å²) in [5.41, 5.74) is 11.6. The Hall–Kier alpha value is -2.58. The number of anilines is 2. The minimum atomic E-state index is -1.24. The van der Waals surface area contributed by atoms with Gasteiger partial charge in [0.1, 0.15) is 28.7 Å². The van der Waals surface area contributed by atoms with Crippen molar-refractivity contribution in [2.75, 3.05) is 23.0 Å². The van der Waals surface area contributed by atoms with Crippen LogP contribution in [-0.2, 0) is 14.4 Å². The molecule has 0 aliphatic carbocycles. The fraction of sp³-hybridized carbons (Fsp3) is 0.190. The number of carboxylic acid groups (broad SMARTS) is 1. The molecule has 1 aromatic heterocycles.